The molecule has 1 aromatic heterocycles. The zero-order valence-electron chi connectivity index (χ0n) is 30.8. The summed E-state index contributed by atoms with van der Waals surface area (Å²) in [6.45, 7) is 0. The van der Waals surface area contributed by atoms with Gasteiger partial charge in [-0.2, -0.15) is 0 Å². The van der Waals surface area contributed by atoms with E-state index >= 15 is 0 Å². The highest BCUT2D eigenvalue weighted by Crippen LogP contribution is 2.43. The Morgan fingerprint density at radius 1 is 0.286 bits per heavy atom. The van der Waals surface area contributed by atoms with Crippen LogP contribution in [0.15, 0.2) is 231 Å². The highest BCUT2D eigenvalue weighted by Gasteiger charge is 2.19. The number of hydrogen-bond acceptors (Lipinski definition) is 1. The molecule has 0 aliphatic heterocycles. The molecule has 0 saturated heterocycles. The maximum absolute atomic E-state index is 2.43. The highest BCUT2D eigenvalue weighted by molar-refractivity contribution is 6.11. The third-order valence-electron chi connectivity index (χ3n) is 10.8. The van der Waals surface area contributed by atoms with E-state index < -0.39 is 0 Å². The standard InChI is InChI=1S/C54H38N2/c1-4-16-39(17-5-1)41-28-33-45(34-29-41)55(51-25-13-10-22-47(51)42-20-8-3-9-21-42)46-35-30-43(31-36-46)48-23-11-14-26-52(48)56-53-27-15-12-24-49(53)50-38-44(32-37-54(50)56)40-18-6-2-7-19-40/h1-38H. The summed E-state index contributed by atoms with van der Waals surface area (Å²) in [5.41, 5.74) is 16.4. The van der Waals surface area contributed by atoms with Crippen molar-refractivity contribution in [1.29, 1.82) is 0 Å². The summed E-state index contributed by atoms with van der Waals surface area (Å²) in [6.07, 6.45) is 0. The first-order valence-electron chi connectivity index (χ1n) is 19.2. The van der Waals surface area contributed by atoms with E-state index in [2.05, 4.69) is 240 Å². The molecule has 0 amide bonds. The summed E-state index contributed by atoms with van der Waals surface area (Å²) in [5.74, 6) is 0. The topological polar surface area (TPSA) is 8.17 Å². The number of nitrogens with zero attached hydrogens (tertiary/aromatic N) is 2. The fourth-order valence-corrected chi connectivity index (χ4v) is 8.14. The van der Waals surface area contributed by atoms with Gasteiger partial charge in [-0.25, -0.2) is 0 Å². The van der Waals surface area contributed by atoms with Crippen molar-refractivity contribution in [3.63, 3.8) is 0 Å². The quantitative estimate of drug-likeness (QED) is 0.152. The molecule has 0 saturated carbocycles. The molecule has 0 radical (unpaired) electrons. The Labute approximate surface area is 327 Å². The average molecular weight is 715 g/mol. The van der Waals surface area contributed by atoms with Gasteiger partial charge >= 0.3 is 0 Å². The summed E-state index contributed by atoms with van der Waals surface area (Å²) in [7, 11) is 0. The third-order valence-corrected chi connectivity index (χ3v) is 10.8. The number of aromatic nitrogens is 1. The first-order chi connectivity index (χ1) is 27.8. The summed E-state index contributed by atoms with van der Waals surface area (Å²) < 4.78 is 2.43. The summed E-state index contributed by atoms with van der Waals surface area (Å²) in [5, 5.41) is 2.49. The Morgan fingerprint density at radius 2 is 0.732 bits per heavy atom. The Bertz CT molecular complexity index is 2930. The van der Waals surface area contributed by atoms with E-state index in [1.54, 1.807) is 0 Å². The number of para-hydroxylation sites is 3. The van der Waals surface area contributed by atoms with Crippen molar-refractivity contribution in [3.05, 3.63) is 231 Å². The molecule has 56 heavy (non-hydrogen) atoms. The van der Waals surface area contributed by atoms with Gasteiger partial charge in [0.05, 0.1) is 22.4 Å². The normalized spacial score (nSPS) is 11.2. The SMILES string of the molecule is c1ccc(-c2ccc(N(c3ccc(-c4ccccc4-n4c5ccccc5c5cc(-c6ccccc6)ccc54)cc3)c3ccccc3-c3ccccc3)cc2)cc1. The van der Waals surface area contributed by atoms with E-state index in [0.29, 0.717) is 0 Å². The van der Waals surface area contributed by atoms with E-state index in [0.717, 1.165) is 28.3 Å². The van der Waals surface area contributed by atoms with Crippen LogP contribution < -0.4 is 4.90 Å². The molecule has 0 spiro atoms. The van der Waals surface area contributed by atoms with Crippen molar-refractivity contribution in [3.8, 4) is 50.2 Å². The predicted octanol–water partition coefficient (Wildman–Crippen LogP) is 14.9. The smallest absolute Gasteiger partial charge is 0.0541 e. The van der Waals surface area contributed by atoms with Gasteiger partial charge in [-0.3, -0.25) is 0 Å². The van der Waals surface area contributed by atoms with Gasteiger partial charge in [-0.1, -0.05) is 176 Å². The molecular formula is C54H38N2. The molecule has 2 heteroatoms. The fraction of sp³-hybridized carbons (Fsp3) is 0. The Kier molecular flexibility index (Phi) is 8.55. The lowest BCUT2D eigenvalue weighted by Crippen LogP contribution is -2.11. The minimum absolute atomic E-state index is 1.09. The van der Waals surface area contributed by atoms with Gasteiger partial charge in [0.2, 0.25) is 0 Å². The monoisotopic (exact) mass is 714 g/mol. The zero-order chi connectivity index (χ0) is 37.3. The van der Waals surface area contributed by atoms with E-state index in [9.17, 15) is 0 Å². The van der Waals surface area contributed by atoms with E-state index in [-0.39, 0.29) is 0 Å². The van der Waals surface area contributed by atoms with Crippen molar-refractivity contribution < 1.29 is 0 Å². The second kappa shape index (κ2) is 14.4. The van der Waals surface area contributed by atoms with Crippen LogP contribution in [0, 0.1) is 0 Å². The third kappa shape index (κ3) is 6.04. The molecule has 0 N–H and O–H groups in total. The molecule has 264 valence electrons. The molecule has 0 fully saturated rings. The second-order valence-corrected chi connectivity index (χ2v) is 14.1. The minimum Gasteiger partial charge on any atom is -0.310 e. The van der Waals surface area contributed by atoms with E-state index in [4.69, 9.17) is 0 Å². The molecule has 0 unspecified atom stereocenters. The Balaban J connectivity index is 1.09. The lowest BCUT2D eigenvalue weighted by molar-refractivity contribution is 1.18. The summed E-state index contributed by atoms with van der Waals surface area (Å²) in [4.78, 5) is 2.38. The molecule has 0 bridgehead atoms. The van der Waals surface area contributed by atoms with Crippen LogP contribution in [-0.2, 0) is 0 Å². The van der Waals surface area contributed by atoms with E-state index in [1.807, 2.05) is 0 Å². The van der Waals surface area contributed by atoms with Crippen LogP contribution in [0.25, 0.3) is 72.0 Å². The van der Waals surface area contributed by atoms with E-state index in [1.165, 1.54) is 60.8 Å². The molecular weight excluding hydrogens is 677 g/mol. The van der Waals surface area contributed by atoms with Crippen molar-refractivity contribution in [2.75, 3.05) is 4.90 Å². The van der Waals surface area contributed by atoms with Crippen molar-refractivity contribution in [2.45, 2.75) is 0 Å². The van der Waals surface area contributed by atoms with Gasteiger partial charge in [0.1, 0.15) is 0 Å². The molecule has 10 rings (SSSR count). The van der Waals surface area contributed by atoms with Crippen LogP contribution in [0.3, 0.4) is 0 Å². The molecule has 0 atom stereocenters. The van der Waals surface area contributed by atoms with Gasteiger partial charge in [0.15, 0.2) is 0 Å². The first-order valence-corrected chi connectivity index (χ1v) is 19.2. The highest BCUT2D eigenvalue weighted by atomic mass is 15.1. The van der Waals surface area contributed by atoms with Crippen LogP contribution in [0.5, 0.6) is 0 Å². The van der Waals surface area contributed by atoms with Crippen molar-refractivity contribution >= 4 is 38.9 Å². The Hall–Kier alpha value is -7.42. The van der Waals surface area contributed by atoms with Crippen molar-refractivity contribution in [1.82, 2.24) is 4.57 Å². The molecule has 0 aliphatic carbocycles. The first kappa shape index (κ1) is 33.2. The molecule has 9 aromatic carbocycles. The molecule has 0 aliphatic rings. The maximum atomic E-state index is 2.43. The molecule has 2 nitrogen and oxygen atoms in total. The number of rotatable bonds is 8. The Morgan fingerprint density at radius 3 is 1.41 bits per heavy atom. The van der Waals surface area contributed by atoms with Gasteiger partial charge < -0.3 is 9.47 Å². The number of fused-ring (bicyclic) bond motifs is 3. The fourth-order valence-electron chi connectivity index (χ4n) is 8.14. The lowest BCUT2D eigenvalue weighted by atomic mass is 10.00. The summed E-state index contributed by atoms with van der Waals surface area (Å²) >= 11 is 0. The number of hydrogen-bond donors (Lipinski definition) is 0. The number of anilines is 3. The van der Waals surface area contributed by atoms with Gasteiger partial charge in [0, 0.05) is 33.3 Å². The minimum atomic E-state index is 1.09. The van der Waals surface area contributed by atoms with Crippen LogP contribution in [-0.4, -0.2) is 4.57 Å². The average Bonchev–Trinajstić information content (AvgIpc) is 3.61. The van der Waals surface area contributed by atoms with Gasteiger partial charge in [-0.05, 0) is 88.0 Å². The van der Waals surface area contributed by atoms with Crippen LogP contribution in [0.2, 0.25) is 0 Å². The van der Waals surface area contributed by atoms with Crippen LogP contribution in [0.4, 0.5) is 17.1 Å². The van der Waals surface area contributed by atoms with Crippen LogP contribution in [0.1, 0.15) is 0 Å². The predicted molar refractivity (Wildman–Crippen MR) is 237 cm³/mol. The summed E-state index contributed by atoms with van der Waals surface area (Å²) in [6, 6.07) is 83.0. The maximum Gasteiger partial charge on any atom is 0.0541 e. The second-order valence-electron chi connectivity index (χ2n) is 14.1. The molecule has 10 aromatic rings. The number of benzene rings is 9. The molecule has 1 heterocycles. The lowest BCUT2D eigenvalue weighted by Gasteiger charge is -2.28. The largest absolute Gasteiger partial charge is 0.310 e. The van der Waals surface area contributed by atoms with Gasteiger partial charge in [0.25, 0.3) is 0 Å². The van der Waals surface area contributed by atoms with Crippen molar-refractivity contribution in [2.24, 2.45) is 0 Å². The van der Waals surface area contributed by atoms with Gasteiger partial charge in [-0.15, -0.1) is 0 Å². The van der Waals surface area contributed by atoms with Crippen LogP contribution >= 0.6 is 0 Å². The zero-order valence-corrected chi connectivity index (χ0v) is 30.8.